The number of hydrogen-bond donors (Lipinski definition) is 0. The number of morpholine rings is 1. The SMILES string of the molecule is C=C/C=C1/OCCN(C)/C1=C/C(C)C. The van der Waals surface area contributed by atoms with Gasteiger partial charge in [0.15, 0.2) is 0 Å². The van der Waals surface area contributed by atoms with Crippen LogP contribution in [0.25, 0.3) is 0 Å². The van der Waals surface area contributed by atoms with E-state index < -0.39 is 0 Å². The van der Waals surface area contributed by atoms with Crippen LogP contribution in [0.15, 0.2) is 36.3 Å². The number of allylic oxidation sites excluding steroid dienone is 3. The largest absolute Gasteiger partial charge is 0.490 e. The fourth-order valence-corrected chi connectivity index (χ4v) is 1.44. The first-order chi connectivity index (χ1) is 6.65. The number of rotatable bonds is 2. The lowest BCUT2D eigenvalue weighted by Gasteiger charge is -2.30. The van der Waals surface area contributed by atoms with E-state index in [0.717, 1.165) is 18.9 Å². The third-order valence-electron chi connectivity index (χ3n) is 2.11. The van der Waals surface area contributed by atoms with Gasteiger partial charge in [0.1, 0.15) is 12.4 Å². The van der Waals surface area contributed by atoms with Crippen molar-refractivity contribution in [2.24, 2.45) is 5.92 Å². The zero-order chi connectivity index (χ0) is 10.6. The van der Waals surface area contributed by atoms with E-state index in [1.54, 1.807) is 6.08 Å². The molecular weight excluding hydrogens is 174 g/mol. The van der Waals surface area contributed by atoms with Gasteiger partial charge in [0.2, 0.25) is 0 Å². The molecule has 0 aromatic rings. The standard InChI is InChI=1S/C12H19NO/c1-5-6-12-11(9-10(2)3)13(4)7-8-14-12/h5-6,9-10H,1,7-8H2,2-4H3/b11-9+,12-6+. The van der Waals surface area contributed by atoms with Crippen molar-refractivity contribution in [3.05, 3.63) is 36.3 Å². The summed E-state index contributed by atoms with van der Waals surface area (Å²) in [6.07, 6.45) is 5.90. The normalized spacial score (nSPS) is 23.0. The predicted molar refractivity (Wildman–Crippen MR) is 59.8 cm³/mol. The fourth-order valence-electron chi connectivity index (χ4n) is 1.44. The molecule has 0 saturated carbocycles. The summed E-state index contributed by atoms with van der Waals surface area (Å²) in [7, 11) is 2.09. The highest BCUT2D eigenvalue weighted by Crippen LogP contribution is 2.21. The maximum atomic E-state index is 5.58. The highest BCUT2D eigenvalue weighted by atomic mass is 16.5. The van der Waals surface area contributed by atoms with E-state index in [-0.39, 0.29) is 0 Å². The van der Waals surface area contributed by atoms with Crippen LogP contribution < -0.4 is 0 Å². The lowest BCUT2D eigenvalue weighted by atomic mass is 10.1. The Hall–Kier alpha value is -1.18. The van der Waals surface area contributed by atoms with E-state index in [4.69, 9.17) is 4.74 Å². The van der Waals surface area contributed by atoms with Gasteiger partial charge in [-0.15, -0.1) is 0 Å². The van der Waals surface area contributed by atoms with Crippen LogP contribution in [0.3, 0.4) is 0 Å². The van der Waals surface area contributed by atoms with E-state index >= 15 is 0 Å². The van der Waals surface area contributed by atoms with Crippen molar-refractivity contribution in [1.82, 2.24) is 4.90 Å². The lowest BCUT2D eigenvalue weighted by Crippen LogP contribution is -2.30. The van der Waals surface area contributed by atoms with E-state index in [2.05, 4.69) is 38.5 Å². The van der Waals surface area contributed by atoms with Crippen LogP contribution in [-0.2, 0) is 4.74 Å². The van der Waals surface area contributed by atoms with Gasteiger partial charge >= 0.3 is 0 Å². The molecule has 0 aromatic carbocycles. The van der Waals surface area contributed by atoms with Crippen molar-refractivity contribution in [1.29, 1.82) is 0 Å². The van der Waals surface area contributed by atoms with Gasteiger partial charge in [-0.2, -0.15) is 0 Å². The summed E-state index contributed by atoms with van der Waals surface area (Å²) >= 11 is 0. The smallest absolute Gasteiger partial charge is 0.142 e. The molecule has 1 rings (SSSR count). The van der Waals surface area contributed by atoms with Crippen LogP contribution in [0, 0.1) is 5.92 Å². The van der Waals surface area contributed by atoms with E-state index in [1.807, 2.05) is 6.08 Å². The summed E-state index contributed by atoms with van der Waals surface area (Å²) in [5, 5.41) is 0. The molecule has 1 aliphatic heterocycles. The molecule has 1 heterocycles. The van der Waals surface area contributed by atoms with E-state index in [9.17, 15) is 0 Å². The van der Waals surface area contributed by atoms with Gasteiger partial charge in [-0.05, 0) is 12.0 Å². The number of nitrogens with zero attached hydrogens (tertiary/aromatic N) is 1. The van der Waals surface area contributed by atoms with Gasteiger partial charge in [0.25, 0.3) is 0 Å². The Labute approximate surface area is 86.6 Å². The van der Waals surface area contributed by atoms with Gasteiger partial charge < -0.3 is 9.64 Å². The Balaban J connectivity index is 2.92. The Kier molecular flexibility index (Phi) is 3.81. The zero-order valence-corrected chi connectivity index (χ0v) is 9.29. The fraction of sp³-hybridized carbons (Fsp3) is 0.500. The molecule has 2 nitrogen and oxygen atoms in total. The van der Waals surface area contributed by atoms with Crippen molar-refractivity contribution in [3.63, 3.8) is 0 Å². The van der Waals surface area contributed by atoms with Crippen LogP contribution in [-0.4, -0.2) is 25.1 Å². The highest BCUT2D eigenvalue weighted by molar-refractivity contribution is 5.29. The number of ether oxygens (including phenoxy) is 1. The number of likely N-dealkylation sites (N-methyl/N-ethyl adjacent to an activating group) is 1. The molecular formula is C12H19NO. The van der Waals surface area contributed by atoms with Crippen molar-refractivity contribution in [2.45, 2.75) is 13.8 Å². The Morgan fingerprint density at radius 1 is 1.50 bits per heavy atom. The maximum Gasteiger partial charge on any atom is 0.142 e. The second-order valence-electron chi connectivity index (χ2n) is 3.83. The van der Waals surface area contributed by atoms with E-state index in [1.165, 1.54) is 5.70 Å². The van der Waals surface area contributed by atoms with Gasteiger partial charge in [0.05, 0.1) is 12.2 Å². The highest BCUT2D eigenvalue weighted by Gasteiger charge is 2.16. The minimum atomic E-state index is 0.530. The first-order valence-corrected chi connectivity index (χ1v) is 5.04. The molecule has 0 aromatic heterocycles. The number of hydrogen-bond acceptors (Lipinski definition) is 2. The summed E-state index contributed by atoms with van der Waals surface area (Å²) in [5.74, 6) is 1.46. The van der Waals surface area contributed by atoms with Crippen LogP contribution in [0.5, 0.6) is 0 Å². The molecule has 2 heteroatoms. The first kappa shape index (κ1) is 10.9. The molecule has 14 heavy (non-hydrogen) atoms. The summed E-state index contributed by atoms with van der Waals surface area (Å²) in [5.41, 5.74) is 1.17. The molecule has 0 radical (unpaired) electrons. The van der Waals surface area contributed by atoms with E-state index in [0.29, 0.717) is 5.92 Å². The molecule has 1 fully saturated rings. The molecule has 0 bridgehead atoms. The third-order valence-corrected chi connectivity index (χ3v) is 2.11. The van der Waals surface area contributed by atoms with Crippen molar-refractivity contribution >= 4 is 0 Å². The van der Waals surface area contributed by atoms with Gasteiger partial charge in [-0.3, -0.25) is 0 Å². The topological polar surface area (TPSA) is 12.5 Å². The molecule has 0 aliphatic carbocycles. The average molecular weight is 193 g/mol. The molecule has 78 valence electrons. The monoisotopic (exact) mass is 193 g/mol. The van der Waals surface area contributed by atoms with Crippen LogP contribution in [0.4, 0.5) is 0 Å². The molecule has 0 unspecified atom stereocenters. The summed E-state index contributed by atoms with van der Waals surface area (Å²) in [6.45, 7) is 9.73. The van der Waals surface area contributed by atoms with Crippen molar-refractivity contribution < 1.29 is 4.74 Å². The van der Waals surface area contributed by atoms with Crippen molar-refractivity contribution in [3.8, 4) is 0 Å². The average Bonchev–Trinajstić information content (AvgIpc) is 2.11. The van der Waals surface area contributed by atoms with Crippen LogP contribution >= 0.6 is 0 Å². The van der Waals surface area contributed by atoms with Gasteiger partial charge in [0, 0.05) is 7.05 Å². The summed E-state index contributed by atoms with van der Waals surface area (Å²) < 4.78 is 5.58. The minimum Gasteiger partial charge on any atom is -0.490 e. The van der Waals surface area contributed by atoms with Crippen LogP contribution in [0.2, 0.25) is 0 Å². The third kappa shape index (κ3) is 2.66. The van der Waals surface area contributed by atoms with Gasteiger partial charge in [-0.1, -0.05) is 32.6 Å². The second kappa shape index (κ2) is 4.89. The Morgan fingerprint density at radius 3 is 2.79 bits per heavy atom. The quantitative estimate of drug-likeness (QED) is 0.668. The molecule has 1 aliphatic rings. The lowest BCUT2D eigenvalue weighted by molar-refractivity contribution is 0.141. The Bertz CT molecular complexity index is 263. The van der Waals surface area contributed by atoms with Gasteiger partial charge in [-0.25, -0.2) is 0 Å². The minimum absolute atomic E-state index is 0.530. The molecule has 1 saturated heterocycles. The Morgan fingerprint density at radius 2 is 2.21 bits per heavy atom. The van der Waals surface area contributed by atoms with Crippen molar-refractivity contribution in [2.75, 3.05) is 20.2 Å². The summed E-state index contributed by atoms with van der Waals surface area (Å²) in [6, 6.07) is 0. The molecule has 0 spiro atoms. The maximum absolute atomic E-state index is 5.58. The second-order valence-corrected chi connectivity index (χ2v) is 3.83. The zero-order valence-electron chi connectivity index (χ0n) is 9.29. The van der Waals surface area contributed by atoms with Crippen LogP contribution in [0.1, 0.15) is 13.8 Å². The predicted octanol–water partition coefficient (Wildman–Crippen LogP) is 2.56. The molecule has 0 amide bonds. The molecule has 0 N–H and O–H groups in total. The first-order valence-electron chi connectivity index (χ1n) is 5.04. The molecule has 0 atom stereocenters. The summed E-state index contributed by atoms with van der Waals surface area (Å²) in [4.78, 5) is 2.22.